The van der Waals surface area contributed by atoms with Crippen molar-refractivity contribution in [2.75, 3.05) is 6.54 Å². The van der Waals surface area contributed by atoms with E-state index in [1.165, 1.54) is 64.0 Å². The number of unbranched alkanes of at least 4 members (excludes halogenated alkanes) is 2. The number of halogens is 1. The second-order valence-electron chi connectivity index (χ2n) is 15.9. The molecule has 5 nitrogen and oxygen atoms in total. The van der Waals surface area contributed by atoms with Gasteiger partial charge in [0.05, 0.1) is 12.0 Å². The fourth-order valence-corrected chi connectivity index (χ4v) is 10.9. The molecule has 4 N–H and O–H groups in total. The minimum atomic E-state index is -1.06. The Balaban J connectivity index is 1.71. The van der Waals surface area contributed by atoms with Gasteiger partial charge in [0.15, 0.2) is 0 Å². The van der Waals surface area contributed by atoms with Gasteiger partial charge in [-0.15, -0.1) is 0 Å². The summed E-state index contributed by atoms with van der Waals surface area (Å²) in [5.74, 6) is 2.57. The van der Waals surface area contributed by atoms with Gasteiger partial charge in [0.1, 0.15) is 6.17 Å². The molecule has 0 aromatic heterocycles. The number of aliphatic imine (C=N–C) groups is 1. The molecule has 258 valence electrons. The van der Waals surface area contributed by atoms with E-state index in [1.54, 1.807) is 0 Å². The van der Waals surface area contributed by atoms with E-state index in [-0.39, 0.29) is 28.8 Å². The van der Waals surface area contributed by atoms with Crippen LogP contribution in [0, 0.1) is 46.3 Å². The average Bonchev–Trinajstić information content (AvgIpc) is 3.57. The van der Waals surface area contributed by atoms with Gasteiger partial charge in [-0.05, 0) is 86.9 Å². The molecule has 2 aliphatic heterocycles. The lowest BCUT2D eigenvalue weighted by atomic mass is 9.47. The first-order valence-corrected chi connectivity index (χ1v) is 19.3. The van der Waals surface area contributed by atoms with Crippen LogP contribution in [0.5, 0.6) is 0 Å². The lowest BCUT2D eigenvalue weighted by Crippen LogP contribution is -2.60. The third kappa shape index (κ3) is 7.83. The SMILES string of the molecule is CCCC[C@H](C)C12C(NC(=O)C(C(C)N)C3CC(CC)(CCCC)CCC(F)C=N3)=CNCC1CCC(C1CCCC1)C2CC. The van der Waals surface area contributed by atoms with Crippen molar-refractivity contribution in [3.8, 4) is 0 Å². The highest BCUT2D eigenvalue weighted by Crippen LogP contribution is 2.62. The van der Waals surface area contributed by atoms with E-state index in [1.807, 2.05) is 6.92 Å². The molecule has 0 spiro atoms. The van der Waals surface area contributed by atoms with Crippen molar-refractivity contribution in [3.63, 3.8) is 0 Å². The number of rotatable bonds is 14. The molecule has 1 amide bonds. The van der Waals surface area contributed by atoms with Crippen LogP contribution in [0.15, 0.2) is 16.9 Å². The predicted octanol–water partition coefficient (Wildman–Crippen LogP) is 9.11. The number of fused-ring (bicyclic) bond motifs is 1. The second-order valence-corrected chi connectivity index (χ2v) is 15.9. The molecule has 0 radical (unpaired) electrons. The fourth-order valence-electron chi connectivity index (χ4n) is 10.9. The minimum absolute atomic E-state index is 0.00593. The molecule has 6 heteroatoms. The van der Waals surface area contributed by atoms with Gasteiger partial charge in [0.25, 0.3) is 0 Å². The van der Waals surface area contributed by atoms with Gasteiger partial charge in [0.2, 0.25) is 5.91 Å². The molecule has 2 aliphatic carbocycles. The number of hydrogen-bond donors (Lipinski definition) is 3. The molecule has 9 unspecified atom stereocenters. The van der Waals surface area contributed by atoms with Crippen LogP contribution < -0.4 is 16.4 Å². The van der Waals surface area contributed by atoms with Crippen LogP contribution in [0.3, 0.4) is 0 Å². The number of carbonyl (C=O) groups excluding carboxylic acids is 1. The van der Waals surface area contributed by atoms with Gasteiger partial charge in [-0.2, -0.15) is 0 Å². The molecular formula is C39H69FN4O. The first kappa shape index (κ1) is 36.4. The number of nitrogens with one attached hydrogen (secondary N) is 2. The molecule has 4 aliphatic rings. The molecule has 4 rings (SSSR count). The van der Waals surface area contributed by atoms with Crippen molar-refractivity contribution in [1.82, 2.24) is 10.6 Å². The minimum Gasteiger partial charge on any atom is -0.389 e. The molecule has 0 aromatic rings. The van der Waals surface area contributed by atoms with E-state index in [9.17, 15) is 4.79 Å². The lowest BCUT2D eigenvalue weighted by molar-refractivity contribution is -0.128. The van der Waals surface area contributed by atoms with Crippen LogP contribution in [0.4, 0.5) is 4.39 Å². The Kier molecular flexibility index (Phi) is 13.4. The van der Waals surface area contributed by atoms with E-state index in [0.29, 0.717) is 24.2 Å². The number of allylic oxidation sites excluding steroid dienone is 1. The van der Waals surface area contributed by atoms with Gasteiger partial charge in [0, 0.05) is 36.1 Å². The molecule has 0 aromatic carbocycles. The molecule has 45 heavy (non-hydrogen) atoms. The van der Waals surface area contributed by atoms with Crippen molar-refractivity contribution in [2.24, 2.45) is 57.1 Å². The highest BCUT2D eigenvalue weighted by Gasteiger charge is 2.58. The number of amides is 1. The fraction of sp³-hybridized carbons (Fsp3) is 0.897. The number of alkyl halides is 1. The smallest absolute Gasteiger partial charge is 0.231 e. The molecule has 2 saturated carbocycles. The second kappa shape index (κ2) is 16.6. The van der Waals surface area contributed by atoms with Gasteiger partial charge >= 0.3 is 0 Å². The van der Waals surface area contributed by atoms with Gasteiger partial charge in [-0.3, -0.25) is 9.79 Å². The Morgan fingerprint density at radius 3 is 2.47 bits per heavy atom. The summed E-state index contributed by atoms with van der Waals surface area (Å²) in [5, 5.41) is 7.25. The molecule has 10 atom stereocenters. The Morgan fingerprint density at radius 2 is 1.82 bits per heavy atom. The summed E-state index contributed by atoms with van der Waals surface area (Å²) in [7, 11) is 0. The van der Waals surface area contributed by atoms with Gasteiger partial charge in [-0.1, -0.05) is 98.8 Å². The topological polar surface area (TPSA) is 79.5 Å². The van der Waals surface area contributed by atoms with Crippen LogP contribution in [-0.2, 0) is 4.79 Å². The number of hydrogen-bond acceptors (Lipinski definition) is 4. The lowest BCUT2D eigenvalue weighted by Gasteiger charge is -2.60. The molecular weight excluding hydrogens is 559 g/mol. The Morgan fingerprint density at radius 1 is 1.09 bits per heavy atom. The Hall–Kier alpha value is -1.43. The zero-order valence-electron chi connectivity index (χ0n) is 29.9. The summed E-state index contributed by atoms with van der Waals surface area (Å²) in [5.41, 5.74) is 7.76. The summed E-state index contributed by atoms with van der Waals surface area (Å²) in [6.45, 7) is 14.6. The summed E-state index contributed by atoms with van der Waals surface area (Å²) in [6, 6.07) is -0.701. The van der Waals surface area contributed by atoms with Crippen LogP contribution in [0.25, 0.3) is 0 Å². The van der Waals surface area contributed by atoms with Crippen molar-refractivity contribution < 1.29 is 9.18 Å². The highest BCUT2D eigenvalue weighted by atomic mass is 19.1. The van der Waals surface area contributed by atoms with E-state index in [0.717, 1.165) is 69.0 Å². The van der Waals surface area contributed by atoms with E-state index in [4.69, 9.17) is 10.7 Å². The van der Waals surface area contributed by atoms with E-state index in [2.05, 4.69) is 51.5 Å². The normalized spacial score (nSPS) is 36.2. The van der Waals surface area contributed by atoms with E-state index >= 15 is 4.39 Å². The van der Waals surface area contributed by atoms with Crippen molar-refractivity contribution in [2.45, 2.75) is 169 Å². The van der Waals surface area contributed by atoms with Crippen LogP contribution in [-0.4, -0.2) is 36.9 Å². The standard InChI is InChI=1S/C39H69FN4O/c1-7-11-15-27(5)39-30(18-19-32(33(39)9-3)29-16-13-14-17-29)24-42-26-35(39)44-37(45)36(28(6)41)34-23-38(10-4,21-12-8-2)22-20-31(40)25-43-34/h25-34,36,42H,7-24,41H2,1-6H3,(H,44,45)/t27-,28?,30?,31?,32?,33?,34?,36?,38?,39?/m0/s1. The molecule has 0 saturated heterocycles. The van der Waals surface area contributed by atoms with Crippen LogP contribution in [0.1, 0.15) is 151 Å². The summed E-state index contributed by atoms with van der Waals surface area (Å²) < 4.78 is 15.0. The van der Waals surface area contributed by atoms with E-state index < -0.39 is 12.1 Å². The monoisotopic (exact) mass is 629 g/mol. The van der Waals surface area contributed by atoms with Gasteiger partial charge < -0.3 is 16.4 Å². The highest BCUT2D eigenvalue weighted by molar-refractivity contribution is 5.82. The number of carbonyl (C=O) groups is 1. The Labute approximate surface area is 276 Å². The zero-order chi connectivity index (χ0) is 32.6. The molecule has 2 fully saturated rings. The summed E-state index contributed by atoms with van der Waals surface area (Å²) in [4.78, 5) is 19.5. The third-order valence-electron chi connectivity index (χ3n) is 13.4. The Bertz CT molecular complexity index is 992. The summed E-state index contributed by atoms with van der Waals surface area (Å²) >= 11 is 0. The largest absolute Gasteiger partial charge is 0.389 e. The van der Waals surface area contributed by atoms with Crippen LogP contribution >= 0.6 is 0 Å². The summed E-state index contributed by atoms with van der Waals surface area (Å²) in [6.07, 6.45) is 21.8. The third-order valence-corrected chi connectivity index (χ3v) is 13.4. The van der Waals surface area contributed by atoms with Crippen molar-refractivity contribution >= 4 is 12.1 Å². The maximum Gasteiger partial charge on any atom is 0.231 e. The quantitative estimate of drug-likeness (QED) is 0.180. The molecule has 2 heterocycles. The number of nitrogens with zero attached hydrogens (tertiary/aromatic N) is 1. The maximum absolute atomic E-state index is 15.0. The number of nitrogens with two attached hydrogens (primary N) is 1. The maximum atomic E-state index is 15.0. The predicted molar refractivity (Wildman–Crippen MR) is 188 cm³/mol. The van der Waals surface area contributed by atoms with Crippen LogP contribution in [0.2, 0.25) is 0 Å². The van der Waals surface area contributed by atoms with Crippen molar-refractivity contribution in [1.29, 1.82) is 0 Å². The van der Waals surface area contributed by atoms with Gasteiger partial charge in [-0.25, -0.2) is 4.39 Å². The first-order chi connectivity index (χ1) is 21.7. The zero-order valence-corrected chi connectivity index (χ0v) is 29.9. The van der Waals surface area contributed by atoms with Crippen molar-refractivity contribution in [3.05, 3.63) is 11.9 Å². The first-order valence-electron chi connectivity index (χ1n) is 19.3. The molecule has 0 bridgehead atoms. The average molecular weight is 629 g/mol.